The monoisotopic (exact) mass is 460 g/mol. The van der Waals surface area contributed by atoms with Gasteiger partial charge >= 0.3 is 5.97 Å². The van der Waals surface area contributed by atoms with E-state index in [1.54, 1.807) is 0 Å². The summed E-state index contributed by atoms with van der Waals surface area (Å²) < 4.78 is 5.83. The van der Waals surface area contributed by atoms with Crippen LogP contribution in [0.3, 0.4) is 0 Å². The number of halogens is 1. The molecule has 2 heterocycles. The lowest BCUT2D eigenvalue weighted by Gasteiger charge is -2.51. The molecule has 3 N–H and O–H groups in total. The van der Waals surface area contributed by atoms with E-state index in [9.17, 15) is 15.0 Å². The number of rotatable bonds is 3. The maximum Gasteiger partial charge on any atom is 0.315 e. The zero-order valence-electron chi connectivity index (χ0n) is 19.0. The number of benzene rings is 1. The topological polar surface area (TPSA) is 71.2 Å². The summed E-state index contributed by atoms with van der Waals surface area (Å²) in [7, 11) is 0. The molecule has 6 heteroatoms. The van der Waals surface area contributed by atoms with Crippen molar-refractivity contribution in [1.82, 2.24) is 0 Å². The fourth-order valence-corrected chi connectivity index (χ4v) is 7.00. The lowest BCUT2D eigenvalue weighted by atomic mass is 9.55. The first-order valence-corrected chi connectivity index (χ1v) is 12.5. The molecule has 2 aliphatic carbocycles. The summed E-state index contributed by atoms with van der Waals surface area (Å²) in [5.74, 6) is -0.180. The Hall–Kier alpha value is -1.40. The van der Waals surface area contributed by atoms with E-state index in [-0.39, 0.29) is 29.3 Å². The number of esters is 1. The minimum absolute atomic E-state index is 0.144. The SMILES string of the molecule is C[C@H]1CCC=C2C[C@H]3OC(=O)[C@@H](C[NH+]4CCC(O)(c5ccc(Cl)cc5)CC4)[C@H]3[C@H](O)[C@@]21C. The van der Waals surface area contributed by atoms with E-state index in [1.807, 2.05) is 24.3 Å². The third kappa shape index (κ3) is 3.53. The van der Waals surface area contributed by atoms with E-state index >= 15 is 0 Å². The fourth-order valence-electron chi connectivity index (χ4n) is 6.88. The number of quaternary nitrogens is 1. The van der Waals surface area contributed by atoms with Gasteiger partial charge in [0.15, 0.2) is 0 Å². The fraction of sp³-hybridized carbons (Fsp3) is 0.654. The molecule has 2 aliphatic heterocycles. The van der Waals surface area contributed by atoms with Gasteiger partial charge in [0.05, 0.1) is 25.7 Å². The van der Waals surface area contributed by atoms with Crippen LogP contribution in [0.25, 0.3) is 0 Å². The highest BCUT2D eigenvalue weighted by molar-refractivity contribution is 6.30. The maximum atomic E-state index is 12.9. The molecule has 0 spiro atoms. The number of ether oxygens (including phenoxy) is 1. The molecule has 0 radical (unpaired) electrons. The average molecular weight is 461 g/mol. The summed E-state index contributed by atoms with van der Waals surface area (Å²) >= 11 is 6.00. The number of hydrogen-bond acceptors (Lipinski definition) is 4. The van der Waals surface area contributed by atoms with E-state index in [0.717, 1.165) is 37.9 Å². The van der Waals surface area contributed by atoms with Crippen molar-refractivity contribution < 1.29 is 24.6 Å². The third-order valence-corrected chi connectivity index (χ3v) is 9.50. The molecule has 0 unspecified atom stereocenters. The van der Waals surface area contributed by atoms with E-state index in [4.69, 9.17) is 16.3 Å². The van der Waals surface area contributed by atoms with Gasteiger partial charge in [0.2, 0.25) is 0 Å². The first-order chi connectivity index (χ1) is 15.2. The largest absolute Gasteiger partial charge is 0.461 e. The molecule has 1 saturated carbocycles. The van der Waals surface area contributed by atoms with Crippen LogP contribution in [-0.2, 0) is 15.1 Å². The number of aliphatic hydroxyl groups is 2. The number of piperidine rings is 1. The third-order valence-electron chi connectivity index (χ3n) is 9.24. The second-order valence-corrected chi connectivity index (χ2v) is 11.2. The van der Waals surface area contributed by atoms with Crippen molar-refractivity contribution in [2.24, 2.45) is 23.2 Å². The van der Waals surface area contributed by atoms with E-state index in [2.05, 4.69) is 19.9 Å². The quantitative estimate of drug-likeness (QED) is 0.478. The molecule has 174 valence electrons. The van der Waals surface area contributed by atoms with Crippen molar-refractivity contribution in [2.75, 3.05) is 19.6 Å². The Morgan fingerprint density at radius 1 is 1.22 bits per heavy atom. The van der Waals surface area contributed by atoms with Crippen LogP contribution in [0.1, 0.15) is 51.5 Å². The molecule has 6 atom stereocenters. The maximum absolute atomic E-state index is 12.9. The average Bonchev–Trinajstić information content (AvgIpc) is 3.07. The minimum Gasteiger partial charge on any atom is -0.461 e. The van der Waals surface area contributed by atoms with Crippen molar-refractivity contribution in [3.8, 4) is 0 Å². The summed E-state index contributed by atoms with van der Waals surface area (Å²) in [5.41, 5.74) is 1.07. The predicted octanol–water partition coefficient (Wildman–Crippen LogP) is 2.49. The van der Waals surface area contributed by atoms with Crippen LogP contribution in [0.2, 0.25) is 5.02 Å². The van der Waals surface area contributed by atoms with Crippen molar-refractivity contribution in [2.45, 2.75) is 63.8 Å². The van der Waals surface area contributed by atoms with Crippen LogP contribution < -0.4 is 4.90 Å². The number of fused-ring (bicyclic) bond motifs is 2. The van der Waals surface area contributed by atoms with Gasteiger partial charge in [0.25, 0.3) is 0 Å². The lowest BCUT2D eigenvalue weighted by molar-refractivity contribution is -0.910. The smallest absolute Gasteiger partial charge is 0.315 e. The zero-order valence-corrected chi connectivity index (χ0v) is 19.8. The molecular formula is C26H35ClNO4+. The molecule has 5 nitrogen and oxygen atoms in total. The number of hydrogen-bond donors (Lipinski definition) is 3. The van der Waals surface area contributed by atoms with Gasteiger partial charge in [-0.2, -0.15) is 0 Å². The Bertz CT molecular complexity index is 907. The summed E-state index contributed by atoms with van der Waals surface area (Å²) in [5, 5.41) is 23.4. The van der Waals surface area contributed by atoms with Crippen molar-refractivity contribution >= 4 is 17.6 Å². The highest BCUT2D eigenvalue weighted by Crippen LogP contribution is 2.55. The van der Waals surface area contributed by atoms with Gasteiger partial charge in [0, 0.05) is 35.6 Å². The number of likely N-dealkylation sites (tertiary alicyclic amines) is 1. The Labute approximate surface area is 195 Å². The summed E-state index contributed by atoms with van der Waals surface area (Å²) in [4.78, 5) is 14.2. The summed E-state index contributed by atoms with van der Waals surface area (Å²) in [6.45, 7) is 6.65. The van der Waals surface area contributed by atoms with Gasteiger partial charge in [-0.1, -0.05) is 49.2 Å². The van der Waals surface area contributed by atoms with E-state index < -0.39 is 11.7 Å². The normalized spacial score (nSPS) is 43.8. The summed E-state index contributed by atoms with van der Waals surface area (Å²) in [6, 6.07) is 7.45. The standard InChI is InChI=1S/C26H34ClNO4/c1-16-4-3-5-18-14-21-22(23(29)25(16,18)2)20(24(30)32-21)15-28-12-10-26(31,11-13-28)17-6-8-19(27)9-7-17/h5-9,16,20-23,29,31H,3-4,10-15H2,1-2H3/p+1/t16-,20-,21+,22+,23-,25+/m0/s1. The Kier molecular flexibility index (Phi) is 5.68. The van der Waals surface area contributed by atoms with Gasteiger partial charge < -0.3 is 19.8 Å². The number of allylic oxidation sites excluding steroid dienone is 1. The van der Waals surface area contributed by atoms with E-state index in [1.165, 1.54) is 10.5 Å². The van der Waals surface area contributed by atoms with Crippen LogP contribution in [-0.4, -0.2) is 48.0 Å². The summed E-state index contributed by atoms with van der Waals surface area (Å²) in [6.07, 6.45) is 5.67. The predicted molar refractivity (Wildman–Crippen MR) is 122 cm³/mol. The zero-order chi connectivity index (χ0) is 22.7. The lowest BCUT2D eigenvalue weighted by Crippen LogP contribution is -3.14. The molecule has 1 aromatic rings. The molecule has 4 aliphatic rings. The Morgan fingerprint density at radius 2 is 1.91 bits per heavy atom. The second-order valence-electron chi connectivity index (χ2n) is 10.8. The molecule has 0 amide bonds. The first kappa shape index (κ1) is 22.4. The van der Waals surface area contributed by atoms with Gasteiger partial charge in [0.1, 0.15) is 17.6 Å². The van der Waals surface area contributed by atoms with Crippen LogP contribution in [0.4, 0.5) is 0 Å². The number of carbonyl (C=O) groups is 1. The van der Waals surface area contributed by atoms with Crippen LogP contribution in [0.15, 0.2) is 35.9 Å². The van der Waals surface area contributed by atoms with Gasteiger partial charge in [-0.3, -0.25) is 4.79 Å². The van der Waals surface area contributed by atoms with Crippen molar-refractivity contribution in [3.05, 3.63) is 46.5 Å². The van der Waals surface area contributed by atoms with Crippen molar-refractivity contribution in [3.63, 3.8) is 0 Å². The van der Waals surface area contributed by atoms with Gasteiger partial charge in [-0.25, -0.2) is 0 Å². The number of carbonyl (C=O) groups excluding carboxylic acids is 1. The minimum atomic E-state index is -0.845. The highest BCUT2D eigenvalue weighted by atomic mass is 35.5. The van der Waals surface area contributed by atoms with Gasteiger partial charge in [-0.05, 0) is 36.5 Å². The second kappa shape index (κ2) is 8.12. The first-order valence-electron chi connectivity index (χ1n) is 12.1. The molecule has 0 bridgehead atoms. The molecule has 0 aromatic heterocycles. The van der Waals surface area contributed by atoms with Crippen LogP contribution >= 0.6 is 11.6 Å². The number of nitrogens with one attached hydrogen (secondary N) is 1. The highest BCUT2D eigenvalue weighted by Gasteiger charge is 2.60. The molecule has 1 aromatic carbocycles. The molecule has 2 saturated heterocycles. The molecular weight excluding hydrogens is 426 g/mol. The molecule has 3 fully saturated rings. The van der Waals surface area contributed by atoms with Crippen LogP contribution in [0, 0.1) is 23.2 Å². The Morgan fingerprint density at radius 3 is 2.59 bits per heavy atom. The van der Waals surface area contributed by atoms with Gasteiger partial charge in [-0.15, -0.1) is 0 Å². The molecule has 32 heavy (non-hydrogen) atoms. The van der Waals surface area contributed by atoms with Crippen molar-refractivity contribution in [1.29, 1.82) is 0 Å². The van der Waals surface area contributed by atoms with E-state index in [0.29, 0.717) is 30.3 Å². The van der Waals surface area contributed by atoms with Crippen LogP contribution in [0.5, 0.6) is 0 Å². The molecule has 5 rings (SSSR count). The Balaban J connectivity index is 1.29. The number of aliphatic hydroxyl groups excluding tert-OH is 1.